The van der Waals surface area contributed by atoms with Crippen LogP contribution in [0.2, 0.25) is 0 Å². The Balaban J connectivity index is 2.83. The highest BCUT2D eigenvalue weighted by Gasteiger charge is 2.25. The molecule has 1 heterocycles. The first-order chi connectivity index (χ1) is 9.29. The first-order valence-corrected chi connectivity index (χ1v) is 6.72. The van der Waals surface area contributed by atoms with Crippen molar-refractivity contribution in [1.82, 2.24) is 14.7 Å². The maximum Gasteiger partial charge on any atom is 0.307 e. The van der Waals surface area contributed by atoms with Crippen molar-refractivity contribution in [2.24, 2.45) is 7.05 Å². The zero-order valence-corrected chi connectivity index (χ0v) is 13.1. The van der Waals surface area contributed by atoms with Crippen LogP contribution in [0.15, 0.2) is 0 Å². The monoisotopic (exact) mass is 281 g/mol. The summed E-state index contributed by atoms with van der Waals surface area (Å²) in [7, 11) is 3.50. The molecule has 0 radical (unpaired) electrons. The van der Waals surface area contributed by atoms with E-state index in [4.69, 9.17) is 4.74 Å². The van der Waals surface area contributed by atoms with Crippen LogP contribution in [-0.4, -0.2) is 46.3 Å². The van der Waals surface area contributed by atoms with E-state index in [-0.39, 0.29) is 24.3 Å². The second-order valence-electron chi connectivity index (χ2n) is 4.94. The van der Waals surface area contributed by atoms with Crippen molar-refractivity contribution in [3.8, 4) is 0 Å². The number of carbonyl (C=O) groups is 2. The minimum absolute atomic E-state index is 0.120. The van der Waals surface area contributed by atoms with Gasteiger partial charge in [0.1, 0.15) is 0 Å². The molecule has 0 saturated heterocycles. The van der Waals surface area contributed by atoms with Crippen molar-refractivity contribution in [3.05, 3.63) is 17.0 Å². The number of aryl methyl sites for hydroxylation is 2. The topological polar surface area (TPSA) is 64.4 Å². The molecule has 1 aromatic heterocycles. The van der Waals surface area contributed by atoms with E-state index in [0.717, 1.165) is 5.69 Å². The van der Waals surface area contributed by atoms with E-state index in [0.29, 0.717) is 17.9 Å². The van der Waals surface area contributed by atoms with Gasteiger partial charge in [-0.05, 0) is 27.7 Å². The number of hydrogen-bond acceptors (Lipinski definition) is 4. The van der Waals surface area contributed by atoms with Crippen molar-refractivity contribution in [2.75, 3.05) is 13.7 Å². The minimum atomic E-state index is -0.292. The Kier molecular flexibility index (Phi) is 5.30. The third kappa shape index (κ3) is 3.37. The van der Waals surface area contributed by atoms with Gasteiger partial charge in [0.15, 0.2) is 0 Å². The molecule has 6 heteroatoms. The maximum atomic E-state index is 12.5. The zero-order chi connectivity index (χ0) is 15.4. The number of aromatic nitrogens is 2. The molecule has 0 spiro atoms. The van der Waals surface area contributed by atoms with Gasteiger partial charge in [0.05, 0.1) is 24.3 Å². The molecule has 0 bridgehead atoms. The van der Waals surface area contributed by atoms with Crippen LogP contribution in [0.5, 0.6) is 0 Å². The zero-order valence-electron chi connectivity index (χ0n) is 13.1. The third-order valence-corrected chi connectivity index (χ3v) is 3.47. The molecule has 20 heavy (non-hydrogen) atoms. The highest BCUT2D eigenvalue weighted by atomic mass is 16.5. The summed E-state index contributed by atoms with van der Waals surface area (Å²) < 4.78 is 6.59. The van der Waals surface area contributed by atoms with Crippen molar-refractivity contribution >= 4 is 11.9 Å². The summed E-state index contributed by atoms with van der Waals surface area (Å²) >= 11 is 0. The molecular weight excluding hydrogens is 258 g/mol. The standard InChI is InChI=1S/C14H23N3O3/c1-7-20-12(18)8-9(2)16(5)14(19)13-10(3)15-17(6)11(13)4/h9H,7-8H2,1-6H3. The first-order valence-electron chi connectivity index (χ1n) is 6.72. The van der Waals surface area contributed by atoms with Gasteiger partial charge in [0.2, 0.25) is 0 Å². The van der Waals surface area contributed by atoms with Gasteiger partial charge in [-0.1, -0.05) is 0 Å². The summed E-state index contributed by atoms with van der Waals surface area (Å²) in [6, 6.07) is -0.222. The summed E-state index contributed by atoms with van der Waals surface area (Å²) in [5, 5.41) is 4.24. The third-order valence-electron chi connectivity index (χ3n) is 3.47. The first kappa shape index (κ1) is 16.2. The van der Waals surface area contributed by atoms with Gasteiger partial charge in [-0.15, -0.1) is 0 Å². The Morgan fingerprint density at radius 2 is 2.00 bits per heavy atom. The Bertz CT molecular complexity index is 508. The molecule has 0 aliphatic rings. The van der Waals surface area contributed by atoms with Crippen molar-refractivity contribution in [1.29, 1.82) is 0 Å². The lowest BCUT2D eigenvalue weighted by atomic mass is 10.1. The lowest BCUT2D eigenvalue weighted by molar-refractivity contribution is -0.144. The minimum Gasteiger partial charge on any atom is -0.466 e. The molecule has 1 rings (SSSR count). The SMILES string of the molecule is CCOC(=O)CC(C)N(C)C(=O)c1c(C)nn(C)c1C. The fraction of sp³-hybridized carbons (Fsp3) is 0.643. The van der Waals surface area contributed by atoms with Crippen LogP contribution in [0.1, 0.15) is 42.0 Å². The lowest BCUT2D eigenvalue weighted by Gasteiger charge is -2.24. The van der Waals surface area contributed by atoms with Gasteiger partial charge in [0.25, 0.3) is 5.91 Å². The van der Waals surface area contributed by atoms with E-state index in [2.05, 4.69) is 5.10 Å². The highest BCUT2D eigenvalue weighted by molar-refractivity contribution is 5.96. The van der Waals surface area contributed by atoms with Crippen LogP contribution >= 0.6 is 0 Å². The number of rotatable bonds is 5. The molecule has 112 valence electrons. The van der Waals surface area contributed by atoms with E-state index in [1.807, 2.05) is 20.8 Å². The van der Waals surface area contributed by atoms with E-state index in [1.54, 1.807) is 30.6 Å². The van der Waals surface area contributed by atoms with Crippen molar-refractivity contribution < 1.29 is 14.3 Å². The van der Waals surface area contributed by atoms with Gasteiger partial charge in [-0.25, -0.2) is 0 Å². The van der Waals surface area contributed by atoms with E-state index in [1.165, 1.54) is 0 Å². The predicted molar refractivity (Wildman–Crippen MR) is 75.5 cm³/mol. The van der Waals surface area contributed by atoms with Crippen LogP contribution in [0.3, 0.4) is 0 Å². The molecule has 0 N–H and O–H groups in total. The Morgan fingerprint density at radius 1 is 1.40 bits per heavy atom. The number of esters is 1. The fourth-order valence-electron chi connectivity index (χ4n) is 2.06. The summed E-state index contributed by atoms with van der Waals surface area (Å²) in [6.45, 7) is 7.61. The molecule has 0 fully saturated rings. The van der Waals surface area contributed by atoms with E-state index < -0.39 is 0 Å². The van der Waals surface area contributed by atoms with Crippen LogP contribution in [-0.2, 0) is 16.6 Å². The van der Waals surface area contributed by atoms with Crippen LogP contribution in [0.25, 0.3) is 0 Å². The largest absolute Gasteiger partial charge is 0.466 e. The lowest BCUT2D eigenvalue weighted by Crippen LogP contribution is -2.37. The predicted octanol–water partition coefficient (Wildman–Crippen LogP) is 1.45. The van der Waals surface area contributed by atoms with E-state index in [9.17, 15) is 9.59 Å². The van der Waals surface area contributed by atoms with E-state index >= 15 is 0 Å². The summed E-state index contributed by atoms with van der Waals surface area (Å²) in [4.78, 5) is 25.5. The molecular formula is C14H23N3O3. The second-order valence-corrected chi connectivity index (χ2v) is 4.94. The molecule has 6 nitrogen and oxygen atoms in total. The van der Waals surface area contributed by atoms with Crippen LogP contribution in [0, 0.1) is 13.8 Å². The molecule has 1 aromatic rings. The average molecular weight is 281 g/mol. The number of carbonyl (C=O) groups excluding carboxylic acids is 2. The fourth-order valence-corrected chi connectivity index (χ4v) is 2.06. The second kappa shape index (κ2) is 6.54. The Hall–Kier alpha value is -1.85. The van der Waals surface area contributed by atoms with Gasteiger partial charge in [-0.3, -0.25) is 14.3 Å². The number of amides is 1. The molecule has 0 aliphatic heterocycles. The van der Waals surface area contributed by atoms with Crippen molar-refractivity contribution in [3.63, 3.8) is 0 Å². The highest BCUT2D eigenvalue weighted by Crippen LogP contribution is 2.16. The summed E-state index contributed by atoms with van der Waals surface area (Å²) in [5.41, 5.74) is 2.12. The molecule has 0 saturated carbocycles. The van der Waals surface area contributed by atoms with Gasteiger partial charge < -0.3 is 9.64 Å². The quantitative estimate of drug-likeness (QED) is 0.766. The number of nitrogens with zero attached hydrogens (tertiary/aromatic N) is 3. The van der Waals surface area contributed by atoms with Crippen LogP contribution < -0.4 is 0 Å². The van der Waals surface area contributed by atoms with Gasteiger partial charge >= 0.3 is 5.97 Å². The maximum absolute atomic E-state index is 12.5. The van der Waals surface area contributed by atoms with Crippen molar-refractivity contribution in [2.45, 2.75) is 40.2 Å². The number of ether oxygens (including phenoxy) is 1. The molecule has 0 aromatic carbocycles. The summed E-state index contributed by atoms with van der Waals surface area (Å²) in [6.07, 6.45) is 0.189. The molecule has 1 atom stereocenters. The molecule has 1 unspecified atom stereocenters. The summed E-state index contributed by atoms with van der Waals surface area (Å²) in [5.74, 6) is -0.413. The normalized spacial score (nSPS) is 12.1. The molecule has 0 aliphatic carbocycles. The average Bonchev–Trinajstić information content (AvgIpc) is 2.61. The number of hydrogen-bond donors (Lipinski definition) is 0. The van der Waals surface area contributed by atoms with Gasteiger partial charge in [0, 0.05) is 25.8 Å². The Morgan fingerprint density at radius 3 is 2.45 bits per heavy atom. The van der Waals surface area contributed by atoms with Gasteiger partial charge in [-0.2, -0.15) is 5.10 Å². The smallest absolute Gasteiger partial charge is 0.307 e. The molecule has 1 amide bonds. The Labute approximate surface area is 119 Å². The van der Waals surface area contributed by atoms with Crippen LogP contribution in [0.4, 0.5) is 0 Å².